The van der Waals surface area contributed by atoms with Crippen LogP contribution in [-0.4, -0.2) is 4.98 Å². The Morgan fingerprint density at radius 3 is 2.63 bits per heavy atom. The molecule has 2 aromatic rings. The molecule has 1 aromatic carbocycles. The summed E-state index contributed by atoms with van der Waals surface area (Å²) in [6, 6.07) is 6.92. The first kappa shape index (κ1) is 13.4. The highest BCUT2D eigenvalue weighted by Crippen LogP contribution is 2.33. The van der Waals surface area contributed by atoms with E-state index in [4.69, 9.17) is 38.9 Å². The maximum absolute atomic E-state index is 13.6. The summed E-state index contributed by atoms with van der Waals surface area (Å²) in [5.41, 5.74) is 5.69. The number of hydrogen-bond acceptors (Lipinski definition) is 4. The van der Waals surface area contributed by atoms with Gasteiger partial charge in [-0.2, -0.15) is 10.2 Å². The Kier molecular flexibility index (Phi) is 3.74. The molecule has 0 amide bonds. The summed E-state index contributed by atoms with van der Waals surface area (Å²) < 4.78 is 18.8. The minimum atomic E-state index is -0.703. The number of aromatic nitrogens is 1. The second-order valence-electron chi connectivity index (χ2n) is 3.50. The van der Waals surface area contributed by atoms with E-state index in [1.807, 2.05) is 6.07 Å². The van der Waals surface area contributed by atoms with Crippen molar-refractivity contribution in [3.8, 4) is 17.7 Å². The molecule has 0 atom stereocenters. The lowest BCUT2D eigenvalue weighted by atomic mass is 10.2. The third-order valence-corrected chi connectivity index (χ3v) is 2.77. The van der Waals surface area contributed by atoms with Crippen molar-refractivity contribution < 1.29 is 9.13 Å². The lowest BCUT2D eigenvalue weighted by Gasteiger charge is -2.08. The van der Waals surface area contributed by atoms with Crippen molar-refractivity contribution in [2.45, 2.75) is 0 Å². The topological polar surface area (TPSA) is 71.9 Å². The summed E-state index contributed by atoms with van der Waals surface area (Å²) in [6.45, 7) is 0. The highest BCUT2D eigenvalue weighted by molar-refractivity contribution is 6.36. The average Bonchev–Trinajstić information content (AvgIpc) is 2.38. The zero-order valence-corrected chi connectivity index (χ0v) is 10.8. The quantitative estimate of drug-likeness (QED) is 0.916. The molecule has 0 aliphatic rings. The zero-order chi connectivity index (χ0) is 14.0. The van der Waals surface area contributed by atoms with Gasteiger partial charge in [0.1, 0.15) is 10.8 Å². The predicted octanol–water partition coefficient (Wildman–Crippen LogP) is 3.77. The Labute approximate surface area is 118 Å². The van der Waals surface area contributed by atoms with Crippen molar-refractivity contribution in [2.24, 2.45) is 0 Å². The van der Waals surface area contributed by atoms with Crippen LogP contribution in [0.4, 0.5) is 10.2 Å². The van der Waals surface area contributed by atoms with Gasteiger partial charge in [0.25, 0.3) is 0 Å². The lowest BCUT2D eigenvalue weighted by molar-refractivity contribution is 0.428. The Bertz CT molecular complexity index is 685. The molecule has 4 nitrogen and oxygen atoms in total. The van der Waals surface area contributed by atoms with Crippen molar-refractivity contribution in [2.75, 3.05) is 5.73 Å². The van der Waals surface area contributed by atoms with Gasteiger partial charge in [-0.05, 0) is 24.3 Å². The molecule has 0 unspecified atom stereocenters. The van der Waals surface area contributed by atoms with Crippen molar-refractivity contribution >= 4 is 29.0 Å². The van der Waals surface area contributed by atoms with E-state index in [1.54, 1.807) is 0 Å². The van der Waals surface area contributed by atoms with E-state index in [2.05, 4.69) is 4.98 Å². The van der Waals surface area contributed by atoms with E-state index in [0.717, 1.165) is 6.07 Å². The first-order valence-electron chi connectivity index (χ1n) is 5.00. The van der Waals surface area contributed by atoms with Gasteiger partial charge in [-0.25, -0.2) is 4.39 Å². The molecule has 0 aliphatic heterocycles. The van der Waals surface area contributed by atoms with E-state index in [1.165, 1.54) is 18.2 Å². The van der Waals surface area contributed by atoms with Crippen molar-refractivity contribution in [3.63, 3.8) is 0 Å². The fourth-order valence-corrected chi connectivity index (χ4v) is 1.69. The molecule has 0 radical (unpaired) electrons. The molecule has 0 bridgehead atoms. The number of nitriles is 1. The highest BCUT2D eigenvalue weighted by atomic mass is 35.5. The summed E-state index contributed by atoms with van der Waals surface area (Å²) in [5.74, 6) is -0.858. The van der Waals surface area contributed by atoms with Gasteiger partial charge in [0.2, 0.25) is 5.88 Å². The Morgan fingerprint density at radius 1 is 1.26 bits per heavy atom. The van der Waals surface area contributed by atoms with Gasteiger partial charge in [-0.1, -0.05) is 23.2 Å². The molecule has 7 heteroatoms. The standard InChI is InChI=1S/C12H6Cl2FN3O/c13-7-4-8(14)12(18-11(7)17)19-10-2-1-6(5-16)3-9(10)15/h1-4H,(H2,17,18). The number of nitrogens with two attached hydrogens (primary N) is 1. The van der Waals surface area contributed by atoms with Gasteiger partial charge in [0, 0.05) is 0 Å². The molecular formula is C12H6Cl2FN3O. The molecule has 0 saturated carbocycles. The van der Waals surface area contributed by atoms with Crippen LogP contribution < -0.4 is 10.5 Å². The lowest BCUT2D eigenvalue weighted by Crippen LogP contribution is -1.97. The van der Waals surface area contributed by atoms with E-state index < -0.39 is 5.82 Å². The normalized spacial score (nSPS) is 10.0. The van der Waals surface area contributed by atoms with Crippen LogP contribution in [0.5, 0.6) is 11.6 Å². The number of benzene rings is 1. The fourth-order valence-electron chi connectivity index (χ4n) is 1.29. The number of hydrogen-bond donors (Lipinski definition) is 1. The third kappa shape index (κ3) is 2.87. The number of nitrogen functional groups attached to an aromatic ring is 1. The van der Waals surface area contributed by atoms with Crippen LogP contribution in [0.1, 0.15) is 5.56 Å². The van der Waals surface area contributed by atoms with Gasteiger partial charge in [0.15, 0.2) is 11.6 Å². The van der Waals surface area contributed by atoms with Crippen molar-refractivity contribution in [1.82, 2.24) is 4.98 Å². The van der Waals surface area contributed by atoms with Crippen LogP contribution in [0.25, 0.3) is 0 Å². The number of halogens is 3. The minimum absolute atomic E-state index is 0.0233. The average molecular weight is 298 g/mol. The highest BCUT2D eigenvalue weighted by Gasteiger charge is 2.12. The largest absolute Gasteiger partial charge is 0.434 e. The fraction of sp³-hybridized carbons (Fsp3) is 0. The molecule has 0 fully saturated rings. The number of nitrogens with zero attached hydrogens (tertiary/aromatic N) is 2. The van der Waals surface area contributed by atoms with E-state index in [-0.39, 0.29) is 33.1 Å². The molecule has 19 heavy (non-hydrogen) atoms. The first-order chi connectivity index (χ1) is 9.01. The monoisotopic (exact) mass is 297 g/mol. The number of anilines is 1. The third-order valence-electron chi connectivity index (χ3n) is 2.19. The first-order valence-corrected chi connectivity index (χ1v) is 5.76. The van der Waals surface area contributed by atoms with Crippen LogP contribution in [0, 0.1) is 17.1 Å². The van der Waals surface area contributed by atoms with E-state index in [0.29, 0.717) is 0 Å². The number of ether oxygens (including phenoxy) is 1. The molecule has 0 spiro atoms. The summed E-state index contributed by atoms with van der Waals surface area (Å²) in [6.07, 6.45) is 0. The number of pyridine rings is 1. The maximum Gasteiger partial charge on any atom is 0.240 e. The second kappa shape index (κ2) is 5.31. The summed E-state index contributed by atoms with van der Waals surface area (Å²) in [7, 11) is 0. The Balaban J connectivity index is 2.37. The van der Waals surface area contributed by atoms with Crippen LogP contribution in [0.15, 0.2) is 24.3 Å². The van der Waals surface area contributed by atoms with Crippen LogP contribution in [-0.2, 0) is 0 Å². The molecular weight excluding hydrogens is 292 g/mol. The van der Waals surface area contributed by atoms with Gasteiger partial charge in [-0.3, -0.25) is 0 Å². The van der Waals surface area contributed by atoms with Crippen molar-refractivity contribution in [1.29, 1.82) is 5.26 Å². The molecule has 1 heterocycles. The Hall–Kier alpha value is -2.03. The number of rotatable bonds is 2. The van der Waals surface area contributed by atoms with Gasteiger partial charge >= 0.3 is 0 Å². The van der Waals surface area contributed by atoms with E-state index in [9.17, 15) is 4.39 Å². The van der Waals surface area contributed by atoms with Gasteiger partial charge in [0.05, 0.1) is 16.7 Å². The minimum Gasteiger partial charge on any atom is -0.434 e. The van der Waals surface area contributed by atoms with Gasteiger partial charge < -0.3 is 10.5 Å². The molecule has 1 aromatic heterocycles. The predicted molar refractivity (Wildman–Crippen MR) is 69.9 cm³/mol. The molecule has 0 aliphatic carbocycles. The van der Waals surface area contributed by atoms with Crippen LogP contribution >= 0.6 is 23.2 Å². The molecule has 0 saturated heterocycles. The van der Waals surface area contributed by atoms with Gasteiger partial charge in [-0.15, -0.1) is 0 Å². The maximum atomic E-state index is 13.6. The van der Waals surface area contributed by atoms with Crippen LogP contribution in [0.2, 0.25) is 10.0 Å². The van der Waals surface area contributed by atoms with Crippen LogP contribution in [0.3, 0.4) is 0 Å². The summed E-state index contributed by atoms with van der Waals surface area (Å²) >= 11 is 11.6. The zero-order valence-electron chi connectivity index (χ0n) is 9.32. The van der Waals surface area contributed by atoms with Crippen molar-refractivity contribution in [3.05, 3.63) is 45.7 Å². The summed E-state index contributed by atoms with van der Waals surface area (Å²) in [4.78, 5) is 3.81. The Morgan fingerprint density at radius 2 is 2.00 bits per heavy atom. The van der Waals surface area contributed by atoms with E-state index >= 15 is 0 Å². The molecule has 2 rings (SSSR count). The summed E-state index contributed by atoms with van der Waals surface area (Å²) in [5, 5.41) is 8.91. The SMILES string of the molecule is N#Cc1ccc(Oc2nc(N)c(Cl)cc2Cl)c(F)c1. The molecule has 96 valence electrons. The molecule has 2 N–H and O–H groups in total. The smallest absolute Gasteiger partial charge is 0.240 e. The second-order valence-corrected chi connectivity index (χ2v) is 4.32.